The molecule has 1 heterocycles. The van der Waals surface area contributed by atoms with Crippen LogP contribution in [0.15, 0.2) is 30.3 Å². The van der Waals surface area contributed by atoms with Crippen LogP contribution in [0.5, 0.6) is 0 Å². The average Bonchev–Trinajstić information content (AvgIpc) is 2.81. The first-order valence-corrected chi connectivity index (χ1v) is 7.42. The third kappa shape index (κ3) is 2.69. The number of fused-ring (bicyclic) bond motifs is 1. The van der Waals surface area contributed by atoms with Crippen molar-refractivity contribution in [3.63, 3.8) is 0 Å². The number of aryl methyl sites for hydroxylation is 1. The van der Waals surface area contributed by atoms with Crippen molar-refractivity contribution in [3.05, 3.63) is 36.0 Å². The van der Waals surface area contributed by atoms with E-state index in [0.29, 0.717) is 11.3 Å². The first kappa shape index (κ1) is 12.7. The molecule has 1 aromatic carbocycles. The van der Waals surface area contributed by atoms with Crippen LogP contribution in [0.25, 0.3) is 10.9 Å². The molecule has 100 valence electrons. The van der Waals surface area contributed by atoms with Gasteiger partial charge in [0.05, 0.1) is 5.52 Å². The van der Waals surface area contributed by atoms with Crippen LogP contribution in [0, 0.1) is 12.8 Å². The maximum absolute atomic E-state index is 6.34. The molecule has 19 heavy (non-hydrogen) atoms. The average molecular weight is 275 g/mol. The number of pyridine rings is 1. The number of anilines is 1. The second-order valence-corrected chi connectivity index (χ2v) is 5.98. The van der Waals surface area contributed by atoms with Gasteiger partial charge in [0.15, 0.2) is 0 Å². The fraction of sp³-hybridized carbons (Fsp3) is 0.438. The molecule has 0 saturated heterocycles. The monoisotopic (exact) mass is 274 g/mol. The van der Waals surface area contributed by atoms with Crippen LogP contribution >= 0.6 is 11.6 Å². The summed E-state index contributed by atoms with van der Waals surface area (Å²) in [5, 5.41) is 5.10. The molecule has 1 aliphatic carbocycles. The summed E-state index contributed by atoms with van der Waals surface area (Å²) in [7, 11) is 0. The van der Waals surface area contributed by atoms with Gasteiger partial charge in [-0.2, -0.15) is 0 Å². The second kappa shape index (κ2) is 5.38. The highest BCUT2D eigenvalue weighted by atomic mass is 35.5. The van der Waals surface area contributed by atoms with Crippen molar-refractivity contribution in [1.82, 2.24) is 4.98 Å². The topological polar surface area (TPSA) is 24.9 Å². The molecule has 0 bridgehead atoms. The van der Waals surface area contributed by atoms with E-state index in [1.165, 1.54) is 23.9 Å². The van der Waals surface area contributed by atoms with E-state index in [2.05, 4.69) is 34.6 Å². The maximum Gasteiger partial charge on any atom is 0.0725 e. The highest BCUT2D eigenvalue weighted by Crippen LogP contribution is 2.31. The summed E-state index contributed by atoms with van der Waals surface area (Å²) in [5.74, 6) is 0.592. The van der Waals surface area contributed by atoms with Crippen LogP contribution < -0.4 is 5.32 Å². The Morgan fingerprint density at radius 3 is 2.95 bits per heavy atom. The van der Waals surface area contributed by atoms with Gasteiger partial charge < -0.3 is 5.32 Å². The fourth-order valence-corrected chi connectivity index (χ4v) is 3.29. The van der Waals surface area contributed by atoms with Crippen LogP contribution in [0.1, 0.15) is 25.0 Å². The van der Waals surface area contributed by atoms with E-state index < -0.39 is 0 Å². The van der Waals surface area contributed by atoms with E-state index in [-0.39, 0.29) is 0 Å². The Hall–Kier alpha value is -1.28. The quantitative estimate of drug-likeness (QED) is 0.841. The van der Waals surface area contributed by atoms with Gasteiger partial charge in [-0.25, -0.2) is 0 Å². The number of nitrogens with one attached hydrogen (secondary N) is 1. The van der Waals surface area contributed by atoms with Gasteiger partial charge >= 0.3 is 0 Å². The lowest BCUT2D eigenvalue weighted by atomic mass is 10.1. The van der Waals surface area contributed by atoms with Gasteiger partial charge in [-0.1, -0.05) is 24.6 Å². The molecule has 1 saturated carbocycles. The number of hydrogen-bond donors (Lipinski definition) is 1. The van der Waals surface area contributed by atoms with E-state index in [9.17, 15) is 0 Å². The number of hydrogen-bond acceptors (Lipinski definition) is 2. The molecule has 3 rings (SSSR count). The van der Waals surface area contributed by atoms with Gasteiger partial charge in [-0.15, -0.1) is 11.6 Å². The molecule has 3 heteroatoms. The molecule has 2 unspecified atom stereocenters. The van der Waals surface area contributed by atoms with Crippen molar-refractivity contribution < 1.29 is 0 Å². The van der Waals surface area contributed by atoms with Crippen molar-refractivity contribution in [1.29, 1.82) is 0 Å². The molecular formula is C16H19ClN2. The number of aromatic nitrogens is 1. The Labute approximate surface area is 119 Å². The Bertz CT molecular complexity index is 582. The first-order valence-electron chi connectivity index (χ1n) is 6.98. The Morgan fingerprint density at radius 2 is 2.16 bits per heavy atom. The normalized spacial score (nSPS) is 22.8. The maximum atomic E-state index is 6.34. The lowest BCUT2D eigenvalue weighted by molar-refractivity contribution is 0.586. The van der Waals surface area contributed by atoms with E-state index in [4.69, 9.17) is 11.6 Å². The summed E-state index contributed by atoms with van der Waals surface area (Å²) < 4.78 is 0. The van der Waals surface area contributed by atoms with Gasteiger partial charge in [0.2, 0.25) is 0 Å². The summed E-state index contributed by atoms with van der Waals surface area (Å²) in [6.07, 6.45) is 3.66. The largest absolute Gasteiger partial charge is 0.384 e. The SMILES string of the molecule is Cc1cc(NCC2CCCC2Cl)c2ccccc2n1. The predicted molar refractivity (Wildman–Crippen MR) is 82.0 cm³/mol. The summed E-state index contributed by atoms with van der Waals surface area (Å²) in [5.41, 5.74) is 3.28. The summed E-state index contributed by atoms with van der Waals surface area (Å²) >= 11 is 6.34. The molecule has 0 amide bonds. The zero-order chi connectivity index (χ0) is 13.2. The van der Waals surface area contributed by atoms with Gasteiger partial charge in [0.25, 0.3) is 0 Å². The number of rotatable bonds is 3. The Morgan fingerprint density at radius 1 is 1.32 bits per heavy atom. The number of benzene rings is 1. The molecule has 0 radical (unpaired) electrons. The zero-order valence-corrected chi connectivity index (χ0v) is 12.0. The molecule has 1 aromatic heterocycles. The number of halogens is 1. The predicted octanol–water partition coefficient (Wildman–Crippen LogP) is 4.36. The smallest absolute Gasteiger partial charge is 0.0725 e. The van der Waals surface area contributed by atoms with Crippen molar-refractivity contribution in [2.45, 2.75) is 31.6 Å². The molecule has 2 atom stereocenters. The Kier molecular flexibility index (Phi) is 3.61. The molecular weight excluding hydrogens is 256 g/mol. The first-order chi connectivity index (χ1) is 9.24. The summed E-state index contributed by atoms with van der Waals surface area (Å²) in [6.45, 7) is 3.00. The van der Waals surface area contributed by atoms with Crippen LogP contribution in [-0.4, -0.2) is 16.9 Å². The van der Waals surface area contributed by atoms with Crippen molar-refractivity contribution >= 4 is 28.2 Å². The number of para-hydroxylation sites is 1. The van der Waals surface area contributed by atoms with E-state index in [1.54, 1.807) is 0 Å². The summed E-state index contributed by atoms with van der Waals surface area (Å²) in [6, 6.07) is 10.4. The standard InChI is InChI=1S/C16H19ClN2/c1-11-9-16(13-6-2-3-8-15(13)19-11)18-10-12-5-4-7-14(12)17/h2-3,6,8-9,12,14H,4-5,7,10H2,1H3,(H,18,19). The molecule has 0 aliphatic heterocycles. The molecule has 0 spiro atoms. The minimum absolute atomic E-state index is 0.335. The lowest BCUT2D eigenvalue weighted by Gasteiger charge is -2.17. The van der Waals surface area contributed by atoms with Crippen LogP contribution in [0.3, 0.4) is 0 Å². The number of alkyl halides is 1. The third-order valence-electron chi connectivity index (χ3n) is 3.97. The summed E-state index contributed by atoms with van der Waals surface area (Å²) in [4.78, 5) is 4.56. The van der Waals surface area contributed by atoms with Gasteiger partial charge in [0.1, 0.15) is 0 Å². The fourth-order valence-electron chi connectivity index (χ4n) is 2.92. The molecule has 2 nitrogen and oxygen atoms in total. The third-order valence-corrected chi connectivity index (χ3v) is 4.54. The van der Waals surface area contributed by atoms with Crippen molar-refractivity contribution in [3.8, 4) is 0 Å². The second-order valence-electron chi connectivity index (χ2n) is 5.42. The zero-order valence-electron chi connectivity index (χ0n) is 11.2. The molecule has 1 aliphatic rings. The highest BCUT2D eigenvalue weighted by Gasteiger charge is 2.24. The van der Waals surface area contributed by atoms with Crippen molar-refractivity contribution in [2.75, 3.05) is 11.9 Å². The van der Waals surface area contributed by atoms with Crippen LogP contribution in [0.2, 0.25) is 0 Å². The van der Waals surface area contributed by atoms with Crippen LogP contribution in [0.4, 0.5) is 5.69 Å². The molecule has 2 aromatic rings. The van der Waals surface area contributed by atoms with Gasteiger partial charge in [0, 0.05) is 28.7 Å². The molecule has 1 fully saturated rings. The van der Waals surface area contributed by atoms with Crippen molar-refractivity contribution in [2.24, 2.45) is 5.92 Å². The Balaban J connectivity index is 1.84. The van der Waals surface area contributed by atoms with Gasteiger partial charge in [-0.05, 0) is 37.8 Å². The highest BCUT2D eigenvalue weighted by molar-refractivity contribution is 6.21. The lowest BCUT2D eigenvalue weighted by Crippen LogP contribution is -2.18. The molecule has 1 N–H and O–H groups in total. The van der Waals surface area contributed by atoms with E-state index in [0.717, 1.165) is 24.2 Å². The number of nitrogens with zero attached hydrogens (tertiary/aromatic N) is 1. The minimum Gasteiger partial charge on any atom is -0.384 e. The van der Waals surface area contributed by atoms with E-state index in [1.807, 2.05) is 13.0 Å². The van der Waals surface area contributed by atoms with Gasteiger partial charge in [-0.3, -0.25) is 4.98 Å². The van der Waals surface area contributed by atoms with Crippen LogP contribution in [-0.2, 0) is 0 Å². The van der Waals surface area contributed by atoms with E-state index >= 15 is 0 Å². The minimum atomic E-state index is 0.335.